The number of nitrogens with one attached hydrogen (secondary N) is 3. The lowest BCUT2D eigenvalue weighted by molar-refractivity contribution is -0.138. The van der Waals surface area contributed by atoms with Crippen LogP contribution in [0.5, 0.6) is 0 Å². The lowest BCUT2D eigenvalue weighted by Gasteiger charge is -2.14. The van der Waals surface area contributed by atoms with Crippen LogP contribution in [0.25, 0.3) is 11.1 Å². The number of benzene rings is 2. The fourth-order valence-electron chi connectivity index (χ4n) is 2.78. The van der Waals surface area contributed by atoms with Crippen molar-refractivity contribution in [2.45, 2.75) is 38.8 Å². The normalized spacial score (nSPS) is 13.3. The Bertz CT molecular complexity index is 990. The molecule has 2 unspecified atom stereocenters. The number of rotatable bonds is 9. The Morgan fingerprint density at radius 3 is 2.30 bits per heavy atom. The van der Waals surface area contributed by atoms with E-state index in [0.717, 1.165) is 23.8 Å². The van der Waals surface area contributed by atoms with Gasteiger partial charge in [0.1, 0.15) is 6.04 Å². The van der Waals surface area contributed by atoms with Gasteiger partial charge >= 0.3 is 12.0 Å². The van der Waals surface area contributed by atoms with Crippen molar-refractivity contribution in [2.24, 2.45) is 0 Å². The molecule has 2 rings (SSSR count). The smallest absolute Gasteiger partial charge is 0.322 e. The van der Waals surface area contributed by atoms with E-state index in [2.05, 4.69) is 15.4 Å². The summed E-state index contributed by atoms with van der Waals surface area (Å²) in [5, 5.41) is 14.9. The molecule has 0 bridgehead atoms. The van der Waals surface area contributed by atoms with Gasteiger partial charge in [0.15, 0.2) is 0 Å². The zero-order valence-corrected chi connectivity index (χ0v) is 18.0. The molecule has 162 valence electrons. The van der Waals surface area contributed by atoms with E-state index in [1.807, 2.05) is 44.2 Å². The average Bonchev–Trinajstić information content (AvgIpc) is 2.67. The van der Waals surface area contributed by atoms with Gasteiger partial charge in [-0.05, 0) is 48.6 Å². The molecule has 0 spiro atoms. The number of sulfonamides is 1. The molecule has 2 aromatic carbocycles. The van der Waals surface area contributed by atoms with Gasteiger partial charge in [-0.25, -0.2) is 17.9 Å². The summed E-state index contributed by atoms with van der Waals surface area (Å²) < 4.78 is 24.8. The van der Waals surface area contributed by atoms with Crippen LogP contribution in [0.4, 0.5) is 10.5 Å². The lowest BCUT2D eigenvalue weighted by Crippen LogP contribution is -2.41. The van der Waals surface area contributed by atoms with Crippen LogP contribution in [-0.2, 0) is 21.2 Å². The number of anilines is 1. The second-order valence-electron chi connectivity index (χ2n) is 7.17. The second kappa shape index (κ2) is 10.2. The Morgan fingerprint density at radius 2 is 1.73 bits per heavy atom. The molecule has 30 heavy (non-hydrogen) atoms. The van der Waals surface area contributed by atoms with Crippen molar-refractivity contribution in [3.05, 3.63) is 54.1 Å². The number of carboxylic acid groups (broad SMARTS) is 1. The average molecular weight is 434 g/mol. The summed E-state index contributed by atoms with van der Waals surface area (Å²) in [6.07, 6.45) is 1.79. The van der Waals surface area contributed by atoms with Crippen LogP contribution in [0.3, 0.4) is 0 Å². The first-order valence-electron chi connectivity index (χ1n) is 9.54. The highest BCUT2D eigenvalue weighted by molar-refractivity contribution is 7.88. The molecule has 0 aliphatic heterocycles. The van der Waals surface area contributed by atoms with E-state index in [1.54, 1.807) is 18.2 Å². The lowest BCUT2D eigenvalue weighted by atomic mass is 10.0. The summed E-state index contributed by atoms with van der Waals surface area (Å²) >= 11 is 0. The Balaban J connectivity index is 2.10. The maximum Gasteiger partial charge on any atom is 0.322 e. The molecule has 0 saturated heterocycles. The van der Waals surface area contributed by atoms with Crippen LogP contribution in [0.1, 0.15) is 25.8 Å². The summed E-state index contributed by atoms with van der Waals surface area (Å²) in [5.41, 5.74) is 3.10. The highest BCUT2D eigenvalue weighted by atomic mass is 32.2. The Hall–Kier alpha value is -2.91. The van der Waals surface area contributed by atoms with E-state index in [0.29, 0.717) is 11.3 Å². The fourth-order valence-corrected chi connectivity index (χ4v) is 3.48. The molecule has 8 nitrogen and oxygen atoms in total. The van der Waals surface area contributed by atoms with E-state index in [1.165, 1.54) is 0 Å². The molecule has 0 aliphatic carbocycles. The highest BCUT2D eigenvalue weighted by Crippen LogP contribution is 2.23. The minimum atomic E-state index is -3.63. The van der Waals surface area contributed by atoms with Crippen LogP contribution < -0.4 is 15.4 Å². The predicted octanol–water partition coefficient (Wildman–Crippen LogP) is 2.82. The van der Waals surface area contributed by atoms with Crippen LogP contribution >= 0.6 is 0 Å². The van der Waals surface area contributed by atoms with Crippen molar-refractivity contribution in [3.63, 3.8) is 0 Å². The molecule has 4 N–H and O–H groups in total. The van der Waals surface area contributed by atoms with Gasteiger partial charge in [-0.15, -0.1) is 0 Å². The van der Waals surface area contributed by atoms with Gasteiger partial charge in [0, 0.05) is 11.7 Å². The number of aliphatic carboxylic acids is 1. The van der Waals surface area contributed by atoms with Gasteiger partial charge < -0.3 is 15.7 Å². The maximum absolute atomic E-state index is 12.0. The SMILES string of the molecule is CCC(C)NC(=O)Nc1cccc(-c2ccc(CC(NS(C)(=O)=O)C(=O)O)cc2)c1. The topological polar surface area (TPSA) is 125 Å². The zero-order valence-electron chi connectivity index (χ0n) is 17.2. The molecule has 2 aromatic rings. The van der Waals surface area contributed by atoms with Crippen LogP contribution in [0.15, 0.2) is 48.5 Å². The summed E-state index contributed by atoms with van der Waals surface area (Å²) in [6.45, 7) is 3.92. The molecule has 9 heteroatoms. The minimum Gasteiger partial charge on any atom is -0.480 e. The van der Waals surface area contributed by atoms with Crippen LogP contribution in [-0.4, -0.2) is 43.9 Å². The quantitative estimate of drug-likeness (QED) is 0.484. The Labute approximate surface area is 176 Å². The second-order valence-corrected chi connectivity index (χ2v) is 8.95. The third kappa shape index (κ3) is 7.49. The van der Waals surface area contributed by atoms with Crippen molar-refractivity contribution in [3.8, 4) is 11.1 Å². The predicted molar refractivity (Wildman–Crippen MR) is 117 cm³/mol. The van der Waals surface area contributed by atoms with Crippen molar-refractivity contribution in [1.29, 1.82) is 0 Å². The monoisotopic (exact) mass is 433 g/mol. The zero-order chi connectivity index (χ0) is 22.3. The van der Waals surface area contributed by atoms with Crippen molar-refractivity contribution in [1.82, 2.24) is 10.0 Å². The van der Waals surface area contributed by atoms with Crippen LogP contribution in [0, 0.1) is 0 Å². The summed E-state index contributed by atoms with van der Waals surface area (Å²) in [6, 6.07) is 13.1. The van der Waals surface area contributed by atoms with Gasteiger partial charge in [0.25, 0.3) is 0 Å². The molecule has 0 aromatic heterocycles. The first-order chi connectivity index (χ1) is 14.1. The number of urea groups is 1. The largest absolute Gasteiger partial charge is 0.480 e. The molecule has 0 saturated carbocycles. The molecular weight excluding hydrogens is 406 g/mol. The van der Waals surface area contributed by atoms with Crippen molar-refractivity contribution in [2.75, 3.05) is 11.6 Å². The molecule has 0 radical (unpaired) electrons. The van der Waals surface area contributed by atoms with E-state index >= 15 is 0 Å². The van der Waals surface area contributed by atoms with Gasteiger partial charge in [-0.1, -0.05) is 43.3 Å². The van der Waals surface area contributed by atoms with Gasteiger partial charge in [-0.2, -0.15) is 0 Å². The van der Waals surface area contributed by atoms with E-state index in [9.17, 15) is 23.1 Å². The third-order valence-corrected chi connectivity index (χ3v) is 5.20. The Kier molecular flexibility index (Phi) is 7.96. The van der Waals surface area contributed by atoms with E-state index in [-0.39, 0.29) is 18.5 Å². The third-order valence-electron chi connectivity index (χ3n) is 4.49. The van der Waals surface area contributed by atoms with E-state index < -0.39 is 22.0 Å². The molecule has 0 aliphatic rings. The summed E-state index contributed by atoms with van der Waals surface area (Å²) in [5.74, 6) is -1.24. The van der Waals surface area contributed by atoms with E-state index in [4.69, 9.17) is 0 Å². The fraction of sp³-hybridized carbons (Fsp3) is 0.333. The number of amides is 2. The first kappa shape index (κ1) is 23.4. The van der Waals surface area contributed by atoms with Crippen molar-refractivity contribution >= 4 is 27.7 Å². The number of hydrogen-bond donors (Lipinski definition) is 4. The maximum atomic E-state index is 12.0. The summed E-state index contributed by atoms with van der Waals surface area (Å²) in [7, 11) is -3.63. The highest BCUT2D eigenvalue weighted by Gasteiger charge is 2.21. The minimum absolute atomic E-state index is 0.0278. The molecule has 2 amide bonds. The number of carbonyl (C=O) groups is 2. The molecule has 0 fully saturated rings. The number of hydrogen-bond acceptors (Lipinski definition) is 4. The molecular formula is C21H27N3O5S. The molecule has 2 atom stereocenters. The van der Waals surface area contributed by atoms with Crippen molar-refractivity contribution < 1.29 is 23.1 Å². The standard InChI is InChI=1S/C21H27N3O5S/c1-4-14(2)22-21(27)23-18-7-5-6-17(13-18)16-10-8-15(9-11-16)12-19(20(25)26)24-30(3,28)29/h5-11,13-14,19,24H,4,12H2,1-3H3,(H,25,26)(H2,22,23,27). The number of carboxylic acids is 1. The molecule has 0 heterocycles. The van der Waals surface area contributed by atoms with Gasteiger partial charge in [0.2, 0.25) is 10.0 Å². The Morgan fingerprint density at radius 1 is 1.07 bits per heavy atom. The summed E-state index contributed by atoms with van der Waals surface area (Å²) in [4.78, 5) is 23.3. The van der Waals surface area contributed by atoms with Crippen LogP contribution in [0.2, 0.25) is 0 Å². The number of carbonyl (C=O) groups excluding carboxylic acids is 1. The van der Waals surface area contributed by atoms with Gasteiger partial charge in [-0.3, -0.25) is 4.79 Å². The first-order valence-corrected chi connectivity index (χ1v) is 11.4. The van der Waals surface area contributed by atoms with Gasteiger partial charge in [0.05, 0.1) is 6.26 Å².